The Hall–Kier alpha value is -1.76. The van der Waals surface area contributed by atoms with Crippen LogP contribution in [0.1, 0.15) is 26.3 Å². The van der Waals surface area contributed by atoms with Crippen LogP contribution in [0, 0.1) is 5.92 Å². The van der Waals surface area contributed by atoms with Crippen LogP contribution in [0.5, 0.6) is 0 Å². The van der Waals surface area contributed by atoms with Gasteiger partial charge < -0.3 is 10.6 Å². The van der Waals surface area contributed by atoms with Crippen molar-refractivity contribution < 1.29 is 22.8 Å². The van der Waals surface area contributed by atoms with Crippen LogP contribution in [0.2, 0.25) is 5.02 Å². The van der Waals surface area contributed by atoms with Gasteiger partial charge in [0.25, 0.3) is 0 Å². The summed E-state index contributed by atoms with van der Waals surface area (Å²) in [6.45, 7) is 4.68. The second-order valence-corrected chi connectivity index (χ2v) is 5.51. The SMILES string of the molecule is CC(=O)NC(C(=O)Nc1ccc(Cl)c(C(F)(F)F)c1)C(C)C. The Morgan fingerprint density at radius 3 is 2.27 bits per heavy atom. The Balaban J connectivity index is 2.99. The predicted octanol–water partition coefficient (Wildman–Crippen LogP) is 3.46. The molecule has 0 aliphatic rings. The molecule has 1 aromatic carbocycles. The molecule has 1 unspecified atom stereocenters. The molecule has 0 radical (unpaired) electrons. The number of carbonyl (C=O) groups excluding carboxylic acids is 2. The lowest BCUT2D eigenvalue weighted by Gasteiger charge is -2.21. The molecule has 22 heavy (non-hydrogen) atoms. The molecule has 0 saturated carbocycles. The monoisotopic (exact) mass is 336 g/mol. The van der Waals surface area contributed by atoms with Crippen molar-refractivity contribution in [3.8, 4) is 0 Å². The van der Waals surface area contributed by atoms with Gasteiger partial charge >= 0.3 is 6.18 Å². The average Bonchev–Trinajstić information content (AvgIpc) is 2.36. The third-order valence-corrected chi connectivity index (χ3v) is 3.18. The van der Waals surface area contributed by atoms with E-state index in [1.54, 1.807) is 13.8 Å². The van der Waals surface area contributed by atoms with E-state index in [9.17, 15) is 22.8 Å². The fraction of sp³-hybridized carbons (Fsp3) is 0.429. The van der Waals surface area contributed by atoms with Gasteiger partial charge in [-0.1, -0.05) is 25.4 Å². The highest BCUT2D eigenvalue weighted by molar-refractivity contribution is 6.31. The van der Waals surface area contributed by atoms with Gasteiger partial charge in [-0.25, -0.2) is 0 Å². The van der Waals surface area contributed by atoms with Gasteiger partial charge in [0.1, 0.15) is 6.04 Å². The molecule has 0 heterocycles. The van der Waals surface area contributed by atoms with Crippen LogP contribution < -0.4 is 10.6 Å². The van der Waals surface area contributed by atoms with E-state index < -0.39 is 34.6 Å². The maximum Gasteiger partial charge on any atom is 0.417 e. The van der Waals surface area contributed by atoms with Crippen LogP contribution in [0.4, 0.5) is 18.9 Å². The number of benzene rings is 1. The van der Waals surface area contributed by atoms with Crippen molar-refractivity contribution in [2.75, 3.05) is 5.32 Å². The zero-order valence-electron chi connectivity index (χ0n) is 12.2. The summed E-state index contributed by atoms with van der Waals surface area (Å²) in [6, 6.07) is 2.23. The van der Waals surface area contributed by atoms with Crippen molar-refractivity contribution in [2.24, 2.45) is 5.92 Å². The second-order valence-electron chi connectivity index (χ2n) is 5.10. The number of rotatable bonds is 4. The Kier molecular flexibility index (Phi) is 5.82. The molecular weight excluding hydrogens is 321 g/mol. The van der Waals surface area contributed by atoms with Crippen molar-refractivity contribution in [2.45, 2.75) is 33.0 Å². The Morgan fingerprint density at radius 1 is 1.23 bits per heavy atom. The van der Waals surface area contributed by atoms with Crippen LogP contribution in [-0.2, 0) is 15.8 Å². The second kappa shape index (κ2) is 7.00. The normalized spacial score (nSPS) is 12.9. The van der Waals surface area contributed by atoms with Gasteiger partial charge in [-0.2, -0.15) is 13.2 Å². The minimum atomic E-state index is -4.62. The van der Waals surface area contributed by atoms with Crippen molar-refractivity contribution in [3.05, 3.63) is 28.8 Å². The fourth-order valence-electron chi connectivity index (χ4n) is 1.79. The molecule has 1 atom stereocenters. The number of halogens is 4. The summed E-state index contributed by atoms with van der Waals surface area (Å²) < 4.78 is 38.3. The van der Waals surface area contributed by atoms with Gasteiger partial charge in [-0.3, -0.25) is 9.59 Å². The fourth-order valence-corrected chi connectivity index (χ4v) is 2.02. The third kappa shape index (κ3) is 4.91. The standard InChI is InChI=1S/C14H16ClF3N2O2/c1-7(2)12(19-8(3)21)13(22)20-9-4-5-11(15)10(6-9)14(16,17)18/h4-7,12H,1-3H3,(H,19,21)(H,20,22). The van der Waals surface area contributed by atoms with Crippen molar-refractivity contribution in [1.29, 1.82) is 0 Å². The number of nitrogens with one attached hydrogen (secondary N) is 2. The molecule has 0 spiro atoms. The van der Waals surface area contributed by atoms with Crippen molar-refractivity contribution in [1.82, 2.24) is 5.32 Å². The summed E-state index contributed by atoms with van der Waals surface area (Å²) >= 11 is 5.51. The molecule has 122 valence electrons. The summed E-state index contributed by atoms with van der Waals surface area (Å²) in [7, 11) is 0. The first kappa shape index (κ1) is 18.3. The smallest absolute Gasteiger partial charge is 0.344 e. The Morgan fingerprint density at radius 2 is 1.82 bits per heavy atom. The number of hydrogen-bond donors (Lipinski definition) is 2. The van der Waals surface area contributed by atoms with Crippen molar-refractivity contribution >= 4 is 29.1 Å². The van der Waals surface area contributed by atoms with Gasteiger partial charge in [0.2, 0.25) is 11.8 Å². The highest BCUT2D eigenvalue weighted by Crippen LogP contribution is 2.36. The molecule has 4 nitrogen and oxygen atoms in total. The molecular formula is C14H16ClF3N2O2. The first-order valence-corrected chi connectivity index (χ1v) is 6.85. The van der Waals surface area contributed by atoms with Gasteiger partial charge in [0.15, 0.2) is 0 Å². The van der Waals surface area contributed by atoms with E-state index in [4.69, 9.17) is 11.6 Å². The maximum absolute atomic E-state index is 12.8. The largest absolute Gasteiger partial charge is 0.417 e. The average molecular weight is 337 g/mol. The molecule has 1 aromatic rings. The molecule has 0 fully saturated rings. The molecule has 1 rings (SSSR count). The summed E-state index contributed by atoms with van der Waals surface area (Å²) in [5, 5.41) is 4.36. The minimum Gasteiger partial charge on any atom is -0.344 e. The number of hydrogen-bond acceptors (Lipinski definition) is 2. The van der Waals surface area contributed by atoms with Gasteiger partial charge in [-0.15, -0.1) is 0 Å². The Bertz CT molecular complexity index is 574. The highest BCUT2D eigenvalue weighted by atomic mass is 35.5. The third-order valence-electron chi connectivity index (χ3n) is 2.85. The zero-order chi connectivity index (χ0) is 17.1. The lowest BCUT2D eigenvalue weighted by molar-refractivity contribution is -0.137. The molecule has 0 aliphatic heterocycles. The molecule has 2 amide bonds. The molecule has 0 aromatic heterocycles. The lowest BCUT2D eigenvalue weighted by Crippen LogP contribution is -2.46. The van der Waals surface area contributed by atoms with Gasteiger partial charge in [0.05, 0.1) is 10.6 Å². The van der Waals surface area contributed by atoms with E-state index >= 15 is 0 Å². The summed E-state index contributed by atoms with van der Waals surface area (Å²) in [5.74, 6) is -1.22. The van der Waals surface area contributed by atoms with E-state index in [-0.39, 0.29) is 11.6 Å². The van der Waals surface area contributed by atoms with Crippen LogP contribution in [-0.4, -0.2) is 17.9 Å². The predicted molar refractivity (Wildman–Crippen MR) is 77.5 cm³/mol. The first-order chi connectivity index (χ1) is 10.0. The molecule has 8 heteroatoms. The van der Waals surface area contributed by atoms with Crippen LogP contribution in [0.3, 0.4) is 0 Å². The van der Waals surface area contributed by atoms with Gasteiger partial charge in [0, 0.05) is 12.6 Å². The maximum atomic E-state index is 12.8. The number of carbonyl (C=O) groups is 2. The topological polar surface area (TPSA) is 58.2 Å². The van der Waals surface area contributed by atoms with Gasteiger partial charge in [-0.05, 0) is 24.1 Å². The number of anilines is 1. The zero-order valence-corrected chi connectivity index (χ0v) is 13.0. The van der Waals surface area contributed by atoms with Crippen LogP contribution in [0.25, 0.3) is 0 Å². The molecule has 0 bridgehead atoms. The van der Waals surface area contributed by atoms with E-state index in [1.165, 1.54) is 13.0 Å². The quantitative estimate of drug-likeness (QED) is 0.884. The van der Waals surface area contributed by atoms with E-state index in [1.807, 2.05) is 0 Å². The lowest BCUT2D eigenvalue weighted by atomic mass is 10.0. The first-order valence-electron chi connectivity index (χ1n) is 6.47. The summed E-state index contributed by atoms with van der Waals surface area (Å²) in [4.78, 5) is 23.2. The van der Waals surface area contributed by atoms with Crippen molar-refractivity contribution in [3.63, 3.8) is 0 Å². The number of amides is 2. The summed E-state index contributed by atoms with van der Waals surface area (Å²) in [5.41, 5.74) is -1.08. The van der Waals surface area contributed by atoms with Crippen LogP contribution in [0.15, 0.2) is 18.2 Å². The Labute approximate surface area is 131 Å². The highest BCUT2D eigenvalue weighted by Gasteiger charge is 2.33. The summed E-state index contributed by atoms with van der Waals surface area (Å²) in [6.07, 6.45) is -4.62. The van der Waals surface area contributed by atoms with E-state index in [0.717, 1.165) is 12.1 Å². The molecule has 2 N–H and O–H groups in total. The molecule has 0 saturated heterocycles. The minimum absolute atomic E-state index is 0.0438. The van der Waals surface area contributed by atoms with E-state index in [2.05, 4.69) is 10.6 Å². The molecule has 0 aliphatic carbocycles. The van der Waals surface area contributed by atoms with E-state index in [0.29, 0.717) is 0 Å². The van der Waals surface area contributed by atoms with Crippen LogP contribution >= 0.6 is 11.6 Å². The number of alkyl halides is 3.